The molecule has 0 heterocycles. The Kier molecular flexibility index (Phi) is 9.10. The summed E-state index contributed by atoms with van der Waals surface area (Å²) in [6.07, 6.45) is 15.3. The lowest BCUT2D eigenvalue weighted by molar-refractivity contribution is -0.183. The average Bonchev–Trinajstić information content (AvgIpc) is 2.61. The molecule has 0 saturated heterocycles. The van der Waals surface area contributed by atoms with Gasteiger partial charge in [0, 0.05) is 0 Å². The molecule has 0 bridgehead atoms. The Morgan fingerprint density at radius 2 is 1.29 bits per heavy atom. The van der Waals surface area contributed by atoms with Gasteiger partial charge in [0.25, 0.3) is 0 Å². The highest BCUT2D eigenvalue weighted by Crippen LogP contribution is 2.72. The van der Waals surface area contributed by atoms with Crippen LogP contribution in [0, 0.1) is 33.0 Å². The van der Waals surface area contributed by atoms with Crippen LogP contribution in [0.4, 0.5) is 0 Å². The molecule has 3 rings (SSSR count). The molecule has 3 aliphatic rings. The first-order valence-corrected chi connectivity index (χ1v) is 11.1. The first-order chi connectivity index (χ1) is 12.4. The molecule has 3 fully saturated rings. The second-order valence-electron chi connectivity index (χ2n) is 11.5. The van der Waals surface area contributed by atoms with Crippen LogP contribution in [0.25, 0.3) is 0 Å². The topological polar surface area (TPSA) is 0 Å². The van der Waals surface area contributed by atoms with Gasteiger partial charge in [0.1, 0.15) is 0 Å². The number of fused-ring (bicyclic) bond motifs is 3. The van der Waals surface area contributed by atoms with Crippen LogP contribution in [0.15, 0.2) is 38.5 Å². The number of allylic oxidation sites excluding steroid dienone is 2. The highest BCUT2D eigenvalue weighted by atomic mass is 14.7. The minimum Gasteiger partial charge on any atom is -0.106 e. The minimum absolute atomic E-state index is 0. The second kappa shape index (κ2) is 9.36. The van der Waals surface area contributed by atoms with E-state index in [0.717, 1.165) is 5.92 Å². The van der Waals surface area contributed by atoms with Crippen LogP contribution in [-0.2, 0) is 0 Å². The fourth-order valence-electron chi connectivity index (χ4n) is 6.73. The molecule has 164 valence electrons. The van der Waals surface area contributed by atoms with E-state index in [9.17, 15) is 0 Å². The molecule has 28 heavy (non-hydrogen) atoms. The highest BCUT2D eigenvalue weighted by molar-refractivity contribution is 5.14. The van der Waals surface area contributed by atoms with Gasteiger partial charge >= 0.3 is 0 Å². The summed E-state index contributed by atoms with van der Waals surface area (Å²) in [6, 6.07) is 0. The molecule has 0 amide bonds. The van der Waals surface area contributed by atoms with Crippen LogP contribution in [-0.4, -0.2) is 0 Å². The molecule has 5 atom stereocenters. The third-order valence-corrected chi connectivity index (χ3v) is 8.87. The van der Waals surface area contributed by atoms with E-state index >= 15 is 0 Å². The maximum absolute atomic E-state index is 4.17. The summed E-state index contributed by atoms with van der Waals surface area (Å²) in [5.41, 5.74) is 2.55. The van der Waals surface area contributed by atoms with Crippen molar-refractivity contribution in [1.82, 2.24) is 0 Å². The zero-order valence-electron chi connectivity index (χ0n) is 19.7. The quantitative estimate of drug-likeness (QED) is 0.392. The van der Waals surface area contributed by atoms with E-state index in [-0.39, 0.29) is 7.43 Å². The summed E-state index contributed by atoms with van der Waals surface area (Å²) < 4.78 is 0. The van der Waals surface area contributed by atoms with E-state index < -0.39 is 0 Å². The van der Waals surface area contributed by atoms with Crippen molar-refractivity contribution in [2.45, 2.75) is 107 Å². The van der Waals surface area contributed by atoms with Crippen molar-refractivity contribution in [2.24, 2.45) is 33.0 Å². The van der Waals surface area contributed by atoms with Gasteiger partial charge < -0.3 is 0 Å². The Balaban J connectivity index is 0.00000111. The fraction of sp³-hybridized carbons (Fsp3) is 0.786. The normalized spacial score (nSPS) is 43.2. The molecule has 3 aliphatic carbocycles. The van der Waals surface area contributed by atoms with E-state index in [2.05, 4.69) is 73.9 Å². The van der Waals surface area contributed by atoms with Gasteiger partial charge in [-0.15, -0.1) is 26.3 Å². The largest absolute Gasteiger partial charge is 0.106 e. The van der Waals surface area contributed by atoms with E-state index in [1.165, 1.54) is 51.4 Å². The van der Waals surface area contributed by atoms with Gasteiger partial charge in [0.2, 0.25) is 0 Å². The molecule has 0 heteroatoms. The average molecular weight is 389 g/mol. The van der Waals surface area contributed by atoms with Gasteiger partial charge in [0.15, 0.2) is 0 Å². The van der Waals surface area contributed by atoms with Crippen LogP contribution in [0.3, 0.4) is 0 Å². The molecule has 0 aliphatic heterocycles. The monoisotopic (exact) mass is 388 g/mol. The Labute approximate surface area is 179 Å². The van der Waals surface area contributed by atoms with Gasteiger partial charge in [-0.25, -0.2) is 0 Å². The van der Waals surface area contributed by atoms with Gasteiger partial charge in [-0.1, -0.05) is 61.1 Å². The van der Waals surface area contributed by atoms with E-state index in [4.69, 9.17) is 0 Å². The lowest BCUT2D eigenvalue weighted by Gasteiger charge is -2.68. The number of hydrogen-bond donors (Lipinski definition) is 0. The predicted molar refractivity (Wildman–Crippen MR) is 131 cm³/mol. The molecule has 3 saturated carbocycles. The maximum atomic E-state index is 4.17. The lowest BCUT2D eigenvalue weighted by atomic mass is 9.36. The van der Waals surface area contributed by atoms with Crippen molar-refractivity contribution in [1.29, 1.82) is 0 Å². The Morgan fingerprint density at radius 3 is 1.79 bits per heavy atom. The van der Waals surface area contributed by atoms with Crippen molar-refractivity contribution in [2.75, 3.05) is 0 Å². The molecule has 0 N–H and O–H groups in total. The summed E-state index contributed by atoms with van der Waals surface area (Å²) in [4.78, 5) is 0. The van der Waals surface area contributed by atoms with Crippen LogP contribution in [0.1, 0.15) is 107 Å². The molecule has 0 radical (unpaired) electrons. The zero-order chi connectivity index (χ0) is 21.1. The van der Waals surface area contributed by atoms with E-state index in [0.29, 0.717) is 27.1 Å². The van der Waals surface area contributed by atoms with Crippen LogP contribution in [0.5, 0.6) is 0 Å². The van der Waals surface area contributed by atoms with Crippen molar-refractivity contribution >= 4 is 0 Å². The summed E-state index contributed by atoms with van der Waals surface area (Å²) in [5.74, 6) is 0.914. The SMILES string of the molecule is C.C=C.C=CC.C=CC1(C)CCC2(C)C3CC(C)(C)CCC3(C)CCC2(C)C1. The first kappa shape index (κ1) is 27.2. The Hall–Kier alpha value is -0.780. The highest BCUT2D eigenvalue weighted by Gasteiger charge is 2.63. The second-order valence-corrected chi connectivity index (χ2v) is 11.5. The van der Waals surface area contributed by atoms with Crippen molar-refractivity contribution < 1.29 is 0 Å². The predicted octanol–water partition coefficient (Wildman–Crippen LogP) is 9.63. The van der Waals surface area contributed by atoms with Gasteiger partial charge in [0.05, 0.1) is 0 Å². The minimum atomic E-state index is 0. The Bertz CT molecular complexity index is 528. The molecule has 0 aromatic carbocycles. The molecule has 0 nitrogen and oxygen atoms in total. The molecule has 0 aromatic rings. The standard InChI is InChI=1S/C22H38.C3H6.C2H4.CH4/c1-8-19(4)10-14-22(7)17-15-18(2,3)9-11-20(17,5)12-13-21(22,6)16-19;1-3-2;1-2;/h8,17H,1,9-16H2,2-7H3;3H,1H2,2H3;1-2H2;1H4. The van der Waals surface area contributed by atoms with Crippen LogP contribution >= 0.6 is 0 Å². The van der Waals surface area contributed by atoms with Gasteiger partial charge in [-0.05, 0) is 91.3 Å². The van der Waals surface area contributed by atoms with E-state index in [1.54, 1.807) is 6.08 Å². The van der Waals surface area contributed by atoms with Crippen molar-refractivity contribution in [3.05, 3.63) is 38.5 Å². The molecular weight excluding hydrogens is 336 g/mol. The molecule has 0 aromatic heterocycles. The van der Waals surface area contributed by atoms with Crippen LogP contribution in [0.2, 0.25) is 0 Å². The van der Waals surface area contributed by atoms with Crippen molar-refractivity contribution in [3.8, 4) is 0 Å². The first-order valence-electron chi connectivity index (χ1n) is 11.1. The van der Waals surface area contributed by atoms with Crippen LogP contribution < -0.4 is 0 Å². The molecular formula is C28H52. The van der Waals surface area contributed by atoms with Crippen molar-refractivity contribution in [3.63, 3.8) is 0 Å². The maximum Gasteiger partial charge on any atom is -0.0144 e. The molecule has 5 unspecified atom stereocenters. The number of hydrogen-bond acceptors (Lipinski definition) is 0. The lowest BCUT2D eigenvalue weighted by Crippen LogP contribution is -2.59. The fourth-order valence-corrected chi connectivity index (χ4v) is 6.73. The number of rotatable bonds is 1. The third kappa shape index (κ3) is 4.85. The zero-order valence-corrected chi connectivity index (χ0v) is 19.7. The van der Waals surface area contributed by atoms with Gasteiger partial charge in [-0.2, -0.15) is 0 Å². The summed E-state index contributed by atoms with van der Waals surface area (Å²) in [7, 11) is 0. The summed E-state index contributed by atoms with van der Waals surface area (Å²) >= 11 is 0. The smallest absolute Gasteiger partial charge is 0.0144 e. The van der Waals surface area contributed by atoms with Gasteiger partial charge in [-0.3, -0.25) is 0 Å². The summed E-state index contributed by atoms with van der Waals surface area (Å²) in [5, 5.41) is 0. The van der Waals surface area contributed by atoms with E-state index in [1.807, 2.05) is 6.92 Å². The third-order valence-electron chi connectivity index (χ3n) is 8.87. The summed E-state index contributed by atoms with van der Waals surface area (Å²) in [6.45, 7) is 30.8. The molecule has 0 spiro atoms. The Morgan fingerprint density at radius 1 is 0.786 bits per heavy atom.